The lowest BCUT2D eigenvalue weighted by Crippen LogP contribution is -2.37. The summed E-state index contributed by atoms with van der Waals surface area (Å²) in [4.78, 5) is 18.7. The van der Waals surface area contributed by atoms with Crippen molar-refractivity contribution in [3.8, 4) is 0 Å². The summed E-state index contributed by atoms with van der Waals surface area (Å²) in [7, 11) is 0. The average Bonchev–Trinajstić information content (AvgIpc) is 2.61. The standard InChI is InChI=1S/C21H15ClF2N2O/c22-16-1-2-20-15(9-16)3-4-26(21(20)27)19-8-14(11-25-12-19)5-13-6-17(23)10-18(24)7-13/h1-2,6-12H,3-5H2. The van der Waals surface area contributed by atoms with E-state index in [1.54, 1.807) is 29.4 Å². The van der Waals surface area contributed by atoms with Crippen LogP contribution in [0.1, 0.15) is 27.0 Å². The van der Waals surface area contributed by atoms with Gasteiger partial charge in [0.05, 0.1) is 11.9 Å². The predicted molar refractivity (Wildman–Crippen MR) is 100 cm³/mol. The Morgan fingerprint density at radius 2 is 1.78 bits per heavy atom. The van der Waals surface area contributed by atoms with E-state index in [9.17, 15) is 13.6 Å². The molecule has 0 saturated heterocycles. The molecule has 3 aromatic rings. The second-order valence-corrected chi connectivity index (χ2v) is 6.95. The number of carbonyl (C=O) groups is 1. The average molecular weight is 385 g/mol. The molecule has 136 valence electrons. The van der Waals surface area contributed by atoms with E-state index in [2.05, 4.69) is 4.98 Å². The number of carbonyl (C=O) groups excluding carboxylic acids is 1. The first-order valence-electron chi connectivity index (χ1n) is 8.49. The van der Waals surface area contributed by atoms with E-state index in [-0.39, 0.29) is 5.91 Å². The van der Waals surface area contributed by atoms with Crippen LogP contribution in [0.3, 0.4) is 0 Å². The molecule has 0 spiro atoms. The lowest BCUT2D eigenvalue weighted by Gasteiger charge is -2.28. The Hall–Kier alpha value is -2.79. The Bertz CT molecular complexity index is 1020. The largest absolute Gasteiger partial charge is 0.306 e. The van der Waals surface area contributed by atoms with Crippen molar-refractivity contribution in [2.45, 2.75) is 12.8 Å². The van der Waals surface area contributed by atoms with Crippen molar-refractivity contribution in [2.24, 2.45) is 0 Å². The molecule has 1 amide bonds. The second-order valence-electron chi connectivity index (χ2n) is 6.51. The minimum absolute atomic E-state index is 0.108. The van der Waals surface area contributed by atoms with Crippen molar-refractivity contribution in [3.63, 3.8) is 0 Å². The summed E-state index contributed by atoms with van der Waals surface area (Å²) >= 11 is 6.01. The molecule has 1 aromatic heterocycles. The molecule has 4 rings (SSSR count). The molecule has 1 aliphatic rings. The highest BCUT2D eigenvalue weighted by atomic mass is 35.5. The summed E-state index contributed by atoms with van der Waals surface area (Å²) in [5.41, 5.74) is 3.50. The maximum absolute atomic E-state index is 13.4. The van der Waals surface area contributed by atoms with E-state index >= 15 is 0 Å². The molecule has 0 unspecified atom stereocenters. The van der Waals surface area contributed by atoms with Gasteiger partial charge in [-0.15, -0.1) is 0 Å². The topological polar surface area (TPSA) is 33.2 Å². The van der Waals surface area contributed by atoms with E-state index in [1.807, 2.05) is 12.1 Å². The van der Waals surface area contributed by atoms with E-state index in [4.69, 9.17) is 11.6 Å². The summed E-state index contributed by atoms with van der Waals surface area (Å²) < 4.78 is 26.8. The molecule has 0 saturated carbocycles. The molecule has 0 radical (unpaired) electrons. The molecule has 6 heteroatoms. The van der Waals surface area contributed by atoms with Gasteiger partial charge in [-0.1, -0.05) is 11.6 Å². The van der Waals surface area contributed by atoms with Crippen molar-refractivity contribution < 1.29 is 13.6 Å². The van der Waals surface area contributed by atoms with Crippen LogP contribution in [0.15, 0.2) is 54.9 Å². The minimum atomic E-state index is -0.615. The zero-order valence-corrected chi connectivity index (χ0v) is 15.0. The molecule has 2 heterocycles. The second kappa shape index (κ2) is 7.08. The summed E-state index contributed by atoms with van der Waals surface area (Å²) in [6, 6.07) is 10.5. The monoisotopic (exact) mass is 384 g/mol. The summed E-state index contributed by atoms with van der Waals surface area (Å²) in [6.45, 7) is 0.520. The van der Waals surface area contributed by atoms with Gasteiger partial charge in [-0.2, -0.15) is 0 Å². The Balaban J connectivity index is 1.61. The molecule has 1 aliphatic heterocycles. The van der Waals surface area contributed by atoms with E-state index in [0.29, 0.717) is 41.2 Å². The smallest absolute Gasteiger partial charge is 0.258 e. The van der Waals surface area contributed by atoms with Crippen LogP contribution in [0.4, 0.5) is 14.5 Å². The maximum Gasteiger partial charge on any atom is 0.258 e. The van der Waals surface area contributed by atoms with Gasteiger partial charge in [-0.25, -0.2) is 8.78 Å². The van der Waals surface area contributed by atoms with E-state index < -0.39 is 11.6 Å². The lowest BCUT2D eigenvalue weighted by atomic mass is 9.98. The first kappa shape index (κ1) is 17.6. The Labute approximate surface area is 160 Å². The fourth-order valence-electron chi connectivity index (χ4n) is 3.37. The van der Waals surface area contributed by atoms with Crippen LogP contribution in [0.2, 0.25) is 5.02 Å². The van der Waals surface area contributed by atoms with Gasteiger partial charge in [0.1, 0.15) is 11.6 Å². The Kier molecular flexibility index (Phi) is 4.62. The molecule has 0 fully saturated rings. The fourth-order valence-corrected chi connectivity index (χ4v) is 3.56. The van der Waals surface area contributed by atoms with E-state index in [0.717, 1.165) is 17.2 Å². The van der Waals surface area contributed by atoms with Crippen molar-refractivity contribution in [2.75, 3.05) is 11.4 Å². The third kappa shape index (κ3) is 3.69. The molecule has 0 atom stereocenters. The SMILES string of the molecule is O=C1c2ccc(Cl)cc2CCN1c1cncc(Cc2cc(F)cc(F)c2)c1. The number of hydrogen-bond acceptors (Lipinski definition) is 2. The fraction of sp³-hybridized carbons (Fsp3) is 0.143. The van der Waals surface area contributed by atoms with Crippen LogP contribution in [-0.4, -0.2) is 17.4 Å². The highest BCUT2D eigenvalue weighted by Gasteiger charge is 2.25. The molecule has 3 nitrogen and oxygen atoms in total. The van der Waals surface area contributed by atoms with Gasteiger partial charge in [-0.3, -0.25) is 9.78 Å². The van der Waals surface area contributed by atoms with Gasteiger partial charge in [0.2, 0.25) is 0 Å². The molecule has 2 aromatic carbocycles. The van der Waals surface area contributed by atoms with Crippen LogP contribution in [0, 0.1) is 11.6 Å². The first-order valence-corrected chi connectivity index (χ1v) is 8.86. The zero-order valence-electron chi connectivity index (χ0n) is 14.3. The van der Waals surface area contributed by atoms with Crippen molar-refractivity contribution in [1.29, 1.82) is 0 Å². The molecule has 0 bridgehead atoms. The predicted octanol–water partition coefficient (Wildman–Crippen LogP) is 4.81. The van der Waals surface area contributed by atoms with Gasteiger partial charge >= 0.3 is 0 Å². The van der Waals surface area contributed by atoms with Crippen molar-refractivity contribution >= 4 is 23.2 Å². The molecule has 0 N–H and O–H groups in total. The molecule has 27 heavy (non-hydrogen) atoms. The summed E-state index contributed by atoms with van der Waals surface area (Å²) in [5, 5.41) is 0.612. The number of anilines is 1. The number of hydrogen-bond donors (Lipinski definition) is 0. The van der Waals surface area contributed by atoms with Gasteiger partial charge in [0, 0.05) is 29.4 Å². The number of rotatable bonds is 3. The summed E-state index contributed by atoms with van der Waals surface area (Å²) in [5.74, 6) is -1.34. The number of nitrogens with zero attached hydrogens (tertiary/aromatic N) is 2. The number of aromatic nitrogens is 1. The van der Waals surface area contributed by atoms with Gasteiger partial charge < -0.3 is 4.90 Å². The number of fused-ring (bicyclic) bond motifs is 1. The Morgan fingerprint density at radius 3 is 2.56 bits per heavy atom. The van der Waals surface area contributed by atoms with Gasteiger partial charge in [0.15, 0.2) is 0 Å². The number of pyridine rings is 1. The third-order valence-corrected chi connectivity index (χ3v) is 4.81. The Morgan fingerprint density at radius 1 is 1.00 bits per heavy atom. The number of amides is 1. The van der Waals surface area contributed by atoms with E-state index in [1.165, 1.54) is 12.1 Å². The van der Waals surface area contributed by atoms with Gasteiger partial charge in [0.25, 0.3) is 5.91 Å². The molecule has 0 aliphatic carbocycles. The van der Waals surface area contributed by atoms with Crippen LogP contribution < -0.4 is 4.90 Å². The lowest BCUT2D eigenvalue weighted by molar-refractivity contribution is 0.0980. The highest BCUT2D eigenvalue weighted by molar-refractivity contribution is 6.30. The third-order valence-electron chi connectivity index (χ3n) is 4.57. The number of halogens is 3. The normalized spacial score (nSPS) is 13.6. The molecular formula is C21H15ClF2N2O. The summed E-state index contributed by atoms with van der Waals surface area (Å²) in [6.07, 6.45) is 4.27. The van der Waals surface area contributed by atoms with Crippen molar-refractivity contribution in [3.05, 3.63) is 93.8 Å². The number of benzene rings is 2. The minimum Gasteiger partial charge on any atom is -0.306 e. The zero-order chi connectivity index (χ0) is 19.0. The molecular weight excluding hydrogens is 370 g/mol. The van der Waals surface area contributed by atoms with Crippen LogP contribution in [0.5, 0.6) is 0 Å². The van der Waals surface area contributed by atoms with Crippen LogP contribution in [0.25, 0.3) is 0 Å². The van der Waals surface area contributed by atoms with Crippen LogP contribution in [-0.2, 0) is 12.8 Å². The quantitative estimate of drug-likeness (QED) is 0.649. The van der Waals surface area contributed by atoms with Gasteiger partial charge in [-0.05, 0) is 65.9 Å². The van der Waals surface area contributed by atoms with Crippen LogP contribution >= 0.6 is 11.6 Å². The highest BCUT2D eigenvalue weighted by Crippen LogP contribution is 2.27. The maximum atomic E-state index is 13.4. The van der Waals surface area contributed by atoms with Crippen molar-refractivity contribution in [1.82, 2.24) is 4.98 Å². The first-order chi connectivity index (χ1) is 13.0.